The fourth-order valence-electron chi connectivity index (χ4n) is 3.86. The van der Waals surface area contributed by atoms with Gasteiger partial charge in [0.1, 0.15) is 0 Å². The molecule has 0 heterocycles. The lowest BCUT2D eigenvalue weighted by Gasteiger charge is -2.25. The lowest BCUT2D eigenvalue weighted by atomic mass is 9.81. The maximum absolute atomic E-state index is 2.39. The molecule has 0 heteroatoms. The molecule has 4 atom stereocenters. The molecule has 0 bridgehead atoms. The van der Waals surface area contributed by atoms with Gasteiger partial charge in [0.05, 0.1) is 0 Å². The molecule has 4 unspecified atom stereocenters. The molecule has 0 aromatic carbocycles. The molecule has 0 radical (unpaired) electrons. The molecule has 0 amide bonds. The van der Waals surface area contributed by atoms with Crippen LogP contribution in [0.5, 0.6) is 0 Å². The van der Waals surface area contributed by atoms with Crippen LogP contribution in [0, 0.1) is 23.7 Å². The van der Waals surface area contributed by atoms with Crippen LogP contribution >= 0.6 is 0 Å². The van der Waals surface area contributed by atoms with Crippen LogP contribution in [-0.2, 0) is 0 Å². The minimum Gasteiger partial charge on any atom is -0.0651 e. The minimum absolute atomic E-state index is 1.02. The molecule has 0 spiro atoms. The Hall–Kier alpha value is 0. The molecule has 108 valence electrons. The molecule has 2 saturated carbocycles. The maximum atomic E-state index is 2.39. The van der Waals surface area contributed by atoms with Crippen LogP contribution in [0.2, 0.25) is 0 Å². The average molecular weight is 252 g/mol. The summed E-state index contributed by atoms with van der Waals surface area (Å²) < 4.78 is 0. The smallest absolute Gasteiger partial charge is 0.0414 e. The fourth-order valence-corrected chi connectivity index (χ4v) is 3.86. The minimum atomic E-state index is 1.02. The van der Waals surface area contributed by atoms with Crippen molar-refractivity contribution in [2.45, 2.75) is 91.9 Å². The second kappa shape index (κ2) is 8.99. The molecular weight excluding hydrogens is 216 g/mol. The van der Waals surface area contributed by atoms with Gasteiger partial charge in [0.15, 0.2) is 0 Å². The van der Waals surface area contributed by atoms with E-state index in [1.807, 2.05) is 0 Å². The van der Waals surface area contributed by atoms with E-state index in [2.05, 4.69) is 27.7 Å². The topological polar surface area (TPSA) is 0 Å². The zero-order valence-electron chi connectivity index (χ0n) is 13.4. The number of rotatable bonds is 2. The Morgan fingerprint density at radius 1 is 0.667 bits per heavy atom. The number of hydrogen-bond donors (Lipinski definition) is 0. The van der Waals surface area contributed by atoms with Crippen LogP contribution in [0.25, 0.3) is 0 Å². The van der Waals surface area contributed by atoms with Crippen molar-refractivity contribution >= 4 is 0 Å². The van der Waals surface area contributed by atoms with E-state index in [1.54, 1.807) is 0 Å². The molecular formula is C18H36. The molecule has 0 aromatic heterocycles. The Bertz CT molecular complexity index is 174. The van der Waals surface area contributed by atoms with Crippen molar-refractivity contribution < 1.29 is 0 Å². The van der Waals surface area contributed by atoms with Crippen LogP contribution in [0.15, 0.2) is 0 Å². The van der Waals surface area contributed by atoms with Crippen LogP contribution in [-0.4, -0.2) is 0 Å². The van der Waals surface area contributed by atoms with Gasteiger partial charge in [-0.2, -0.15) is 0 Å². The lowest BCUT2D eigenvalue weighted by Crippen LogP contribution is -2.11. The Morgan fingerprint density at radius 3 is 1.28 bits per heavy atom. The summed E-state index contributed by atoms with van der Waals surface area (Å²) in [5.41, 5.74) is 0. The van der Waals surface area contributed by atoms with Crippen molar-refractivity contribution in [3.05, 3.63) is 0 Å². The second-order valence-corrected chi connectivity index (χ2v) is 7.09. The van der Waals surface area contributed by atoms with Gasteiger partial charge < -0.3 is 0 Å². The predicted octanol–water partition coefficient (Wildman–Crippen LogP) is 6.45. The summed E-state index contributed by atoms with van der Waals surface area (Å²) in [6.07, 6.45) is 14.7. The van der Waals surface area contributed by atoms with Crippen LogP contribution in [0.3, 0.4) is 0 Å². The van der Waals surface area contributed by atoms with E-state index in [0.29, 0.717) is 0 Å². The Balaban J connectivity index is 0.000000180. The summed E-state index contributed by atoms with van der Waals surface area (Å²) in [5.74, 6) is 4.16. The van der Waals surface area contributed by atoms with Gasteiger partial charge in [0.25, 0.3) is 0 Å². The zero-order valence-corrected chi connectivity index (χ0v) is 13.4. The van der Waals surface area contributed by atoms with Crippen LogP contribution in [0.4, 0.5) is 0 Å². The summed E-state index contributed by atoms with van der Waals surface area (Å²) >= 11 is 0. The van der Waals surface area contributed by atoms with E-state index in [1.165, 1.54) is 64.2 Å². The van der Waals surface area contributed by atoms with Crippen molar-refractivity contribution in [2.24, 2.45) is 23.7 Å². The molecule has 2 aliphatic carbocycles. The Kier molecular flexibility index (Phi) is 8.02. The third kappa shape index (κ3) is 6.25. The quantitative estimate of drug-likeness (QED) is 0.530. The Morgan fingerprint density at radius 2 is 1.06 bits per heavy atom. The van der Waals surface area contributed by atoms with E-state index in [-0.39, 0.29) is 0 Å². The van der Waals surface area contributed by atoms with Gasteiger partial charge >= 0.3 is 0 Å². The van der Waals surface area contributed by atoms with E-state index >= 15 is 0 Å². The summed E-state index contributed by atoms with van der Waals surface area (Å²) in [6.45, 7) is 9.43. The normalized spacial score (nSPS) is 36.7. The average Bonchev–Trinajstić information content (AvgIpc) is 2.39. The molecule has 18 heavy (non-hydrogen) atoms. The molecule has 0 saturated heterocycles. The highest BCUT2D eigenvalue weighted by molar-refractivity contribution is 4.69. The first kappa shape index (κ1) is 16.1. The maximum Gasteiger partial charge on any atom is -0.0414 e. The first-order chi connectivity index (χ1) is 8.65. The molecule has 0 N–H and O–H groups in total. The molecule has 2 rings (SSSR count). The summed E-state index contributed by atoms with van der Waals surface area (Å²) in [7, 11) is 0. The van der Waals surface area contributed by atoms with Gasteiger partial charge in [0.2, 0.25) is 0 Å². The van der Waals surface area contributed by atoms with Gasteiger partial charge in [-0.15, -0.1) is 0 Å². The summed E-state index contributed by atoms with van der Waals surface area (Å²) in [4.78, 5) is 0. The van der Waals surface area contributed by atoms with Crippen molar-refractivity contribution in [3.63, 3.8) is 0 Å². The van der Waals surface area contributed by atoms with Crippen molar-refractivity contribution in [1.82, 2.24) is 0 Å². The fraction of sp³-hybridized carbons (Fsp3) is 1.00. The van der Waals surface area contributed by atoms with Gasteiger partial charge in [-0.25, -0.2) is 0 Å². The highest BCUT2D eigenvalue weighted by atomic mass is 14.2. The molecule has 0 aliphatic heterocycles. The molecule has 0 aromatic rings. The van der Waals surface area contributed by atoms with E-state index < -0.39 is 0 Å². The lowest BCUT2D eigenvalue weighted by molar-refractivity contribution is 0.276. The largest absolute Gasteiger partial charge is 0.0651 e. The van der Waals surface area contributed by atoms with Gasteiger partial charge in [-0.3, -0.25) is 0 Å². The SMILES string of the molecule is CCC1CCCC(C)C1.CCC1CCCC(C)C1. The third-order valence-corrected chi connectivity index (χ3v) is 5.24. The molecule has 2 fully saturated rings. The number of hydrogen-bond acceptors (Lipinski definition) is 0. The predicted molar refractivity (Wildman–Crippen MR) is 82.8 cm³/mol. The monoisotopic (exact) mass is 252 g/mol. The molecule has 0 nitrogen and oxygen atoms in total. The molecule has 2 aliphatic rings. The Labute approximate surface area is 116 Å². The highest BCUT2D eigenvalue weighted by Gasteiger charge is 2.17. The second-order valence-electron chi connectivity index (χ2n) is 7.09. The van der Waals surface area contributed by atoms with E-state index in [4.69, 9.17) is 0 Å². The van der Waals surface area contributed by atoms with Crippen molar-refractivity contribution in [1.29, 1.82) is 0 Å². The van der Waals surface area contributed by atoms with E-state index in [0.717, 1.165) is 23.7 Å². The van der Waals surface area contributed by atoms with Crippen molar-refractivity contribution in [2.75, 3.05) is 0 Å². The summed E-state index contributed by atoms with van der Waals surface area (Å²) in [6, 6.07) is 0. The van der Waals surface area contributed by atoms with Crippen LogP contribution in [0.1, 0.15) is 91.9 Å². The van der Waals surface area contributed by atoms with Gasteiger partial charge in [0, 0.05) is 0 Å². The van der Waals surface area contributed by atoms with E-state index in [9.17, 15) is 0 Å². The van der Waals surface area contributed by atoms with Crippen LogP contribution < -0.4 is 0 Å². The highest BCUT2D eigenvalue weighted by Crippen LogP contribution is 2.30. The van der Waals surface area contributed by atoms with Crippen molar-refractivity contribution in [3.8, 4) is 0 Å². The standard InChI is InChI=1S/2C9H18/c2*1-3-9-6-4-5-8(2)7-9/h2*8-9H,3-7H2,1-2H3. The zero-order chi connectivity index (χ0) is 13.4. The van der Waals surface area contributed by atoms with Gasteiger partial charge in [-0.1, -0.05) is 79.1 Å². The van der Waals surface area contributed by atoms with Gasteiger partial charge in [-0.05, 0) is 36.5 Å². The first-order valence-corrected chi connectivity index (χ1v) is 8.65. The first-order valence-electron chi connectivity index (χ1n) is 8.65. The summed E-state index contributed by atoms with van der Waals surface area (Å²) in [5, 5.41) is 0. The third-order valence-electron chi connectivity index (χ3n) is 5.24.